The summed E-state index contributed by atoms with van der Waals surface area (Å²) in [6, 6.07) is 7.04. The molecule has 100 valence electrons. The van der Waals surface area contributed by atoms with Crippen LogP contribution < -0.4 is 0 Å². The molecule has 0 fully saturated rings. The predicted octanol–water partition coefficient (Wildman–Crippen LogP) is 3.01. The molecule has 2 rings (SSSR count). The summed E-state index contributed by atoms with van der Waals surface area (Å²) in [5, 5.41) is 19.9. The molecule has 1 aromatic carbocycles. The smallest absolute Gasteiger partial charge is 0.491 e. The second-order valence-corrected chi connectivity index (χ2v) is 5.11. The monoisotopic (exact) mass is 258 g/mol. The molecule has 19 heavy (non-hydrogen) atoms. The van der Waals surface area contributed by atoms with Crippen LogP contribution in [0.2, 0.25) is 0 Å². The largest absolute Gasteiger partial charge is 0.508 e. The topological polar surface area (TPSA) is 49.7 Å². The Bertz CT molecular complexity index is 508. The van der Waals surface area contributed by atoms with Gasteiger partial charge in [-0.1, -0.05) is 50.3 Å². The van der Waals surface area contributed by atoms with Gasteiger partial charge in [0.2, 0.25) is 0 Å². The Morgan fingerprint density at radius 1 is 1.42 bits per heavy atom. The second kappa shape index (κ2) is 5.64. The number of hydrogen-bond donors (Lipinski definition) is 2. The standard InChI is InChI=1S/C15H19BO3/c1-10(2)11(3)13-8-9-15(19-16(13)18)12-6-4-5-7-14(12)17/h4-8,10,15,17-18H,3,9H2,1-2H3. The first-order valence-corrected chi connectivity index (χ1v) is 6.51. The van der Waals surface area contributed by atoms with E-state index in [0.29, 0.717) is 12.0 Å². The molecule has 4 heteroatoms. The van der Waals surface area contributed by atoms with Crippen molar-refractivity contribution in [3.63, 3.8) is 0 Å². The van der Waals surface area contributed by atoms with Gasteiger partial charge in [-0.2, -0.15) is 0 Å². The summed E-state index contributed by atoms with van der Waals surface area (Å²) >= 11 is 0. The van der Waals surface area contributed by atoms with Crippen molar-refractivity contribution in [2.24, 2.45) is 5.92 Å². The van der Waals surface area contributed by atoms with Gasteiger partial charge in [-0.05, 0) is 23.9 Å². The van der Waals surface area contributed by atoms with Gasteiger partial charge < -0.3 is 14.8 Å². The number of phenols is 1. The Kier molecular flexibility index (Phi) is 4.12. The van der Waals surface area contributed by atoms with Gasteiger partial charge in [0.15, 0.2) is 0 Å². The summed E-state index contributed by atoms with van der Waals surface area (Å²) in [6.07, 6.45) is 2.25. The zero-order valence-corrected chi connectivity index (χ0v) is 11.3. The maximum atomic E-state index is 10.1. The molecule has 0 spiro atoms. The minimum Gasteiger partial charge on any atom is -0.508 e. The van der Waals surface area contributed by atoms with E-state index in [9.17, 15) is 10.1 Å². The maximum absolute atomic E-state index is 10.1. The van der Waals surface area contributed by atoms with E-state index in [4.69, 9.17) is 4.65 Å². The third-order valence-electron chi connectivity index (χ3n) is 3.46. The Morgan fingerprint density at radius 2 is 2.11 bits per heavy atom. The Hall–Kier alpha value is -1.52. The third-order valence-corrected chi connectivity index (χ3v) is 3.46. The van der Waals surface area contributed by atoms with Crippen LogP contribution in [-0.4, -0.2) is 17.2 Å². The van der Waals surface area contributed by atoms with Crippen LogP contribution in [0.3, 0.4) is 0 Å². The summed E-state index contributed by atoms with van der Waals surface area (Å²) in [5.74, 6) is 0.463. The van der Waals surface area contributed by atoms with E-state index in [-0.39, 0.29) is 17.8 Å². The molecule has 1 aliphatic heterocycles. The summed E-state index contributed by atoms with van der Waals surface area (Å²) in [7, 11) is -0.978. The molecular weight excluding hydrogens is 239 g/mol. The van der Waals surface area contributed by atoms with Crippen molar-refractivity contribution in [1.29, 1.82) is 0 Å². The lowest BCUT2D eigenvalue weighted by molar-refractivity contribution is 0.165. The highest BCUT2D eigenvalue weighted by Gasteiger charge is 2.32. The Morgan fingerprint density at radius 3 is 2.68 bits per heavy atom. The Balaban J connectivity index is 2.20. The van der Waals surface area contributed by atoms with Crippen molar-refractivity contribution < 1.29 is 14.8 Å². The number of aromatic hydroxyl groups is 1. The fourth-order valence-corrected chi connectivity index (χ4v) is 2.20. The van der Waals surface area contributed by atoms with Crippen molar-refractivity contribution in [2.75, 3.05) is 0 Å². The molecule has 2 N–H and O–H groups in total. The molecule has 0 saturated carbocycles. The normalized spacial score (nSPS) is 19.5. The number of benzene rings is 1. The van der Waals surface area contributed by atoms with Crippen molar-refractivity contribution >= 4 is 7.12 Å². The fourth-order valence-electron chi connectivity index (χ4n) is 2.20. The molecule has 1 unspecified atom stereocenters. The van der Waals surface area contributed by atoms with Crippen LogP contribution in [0, 0.1) is 5.92 Å². The SMILES string of the molecule is C=C(C1=CCC(c2ccccc2O)OB1O)C(C)C. The maximum Gasteiger partial charge on any atom is 0.491 e. The van der Waals surface area contributed by atoms with Gasteiger partial charge in [0, 0.05) is 5.56 Å². The molecule has 1 heterocycles. The number of phenolic OH excluding ortho intramolecular Hbond substituents is 1. The molecule has 0 aliphatic carbocycles. The van der Waals surface area contributed by atoms with Crippen molar-refractivity contribution in [3.05, 3.63) is 53.5 Å². The van der Waals surface area contributed by atoms with E-state index in [0.717, 1.165) is 11.0 Å². The molecular formula is C15H19BO3. The molecule has 3 nitrogen and oxygen atoms in total. The number of allylic oxidation sites excluding steroid dienone is 2. The lowest BCUT2D eigenvalue weighted by Crippen LogP contribution is -2.29. The van der Waals surface area contributed by atoms with E-state index in [1.807, 2.05) is 32.1 Å². The van der Waals surface area contributed by atoms with Gasteiger partial charge in [0.25, 0.3) is 0 Å². The zero-order chi connectivity index (χ0) is 14.0. The quantitative estimate of drug-likeness (QED) is 0.819. The van der Waals surface area contributed by atoms with Crippen LogP contribution in [0.4, 0.5) is 0 Å². The minimum absolute atomic E-state index is 0.194. The van der Waals surface area contributed by atoms with E-state index in [2.05, 4.69) is 6.58 Å². The molecule has 1 atom stereocenters. The fraction of sp³-hybridized carbons (Fsp3) is 0.333. The lowest BCUT2D eigenvalue weighted by atomic mass is 9.69. The summed E-state index contributed by atoms with van der Waals surface area (Å²) in [6.45, 7) is 8.05. The van der Waals surface area contributed by atoms with E-state index in [1.54, 1.807) is 12.1 Å². The lowest BCUT2D eigenvalue weighted by Gasteiger charge is -2.27. The summed E-state index contributed by atoms with van der Waals surface area (Å²) < 4.78 is 5.60. The van der Waals surface area contributed by atoms with Gasteiger partial charge in [-0.3, -0.25) is 0 Å². The van der Waals surface area contributed by atoms with Gasteiger partial charge in [0.1, 0.15) is 5.75 Å². The molecule has 0 amide bonds. The van der Waals surface area contributed by atoms with E-state index < -0.39 is 7.12 Å². The summed E-state index contributed by atoms with van der Waals surface area (Å²) in [4.78, 5) is 0. The van der Waals surface area contributed by atoms with Crippen LogP contribution in [0.25, 0.3) is 0 Å². The van der Waals surface area contributed by atoms with Gasteiger partial charge in [-0.15, -0.1) is 0 Å². The molecule has 0 radical (unpaired) electrons. The van der Waals surface area contributed by atoms with Gasteiger partial charge >= 0.3 is 7.12 Å². The van der Waals surface area contributed by atoms with Crippen LogP contribution >= 0.6 is 0 Å². The molecule has 0 saturated heterocycles. The Labute approximate surface area is 114 Å². The van der Waals surface area contributed by atoms with E-state index >= 15 is 0 Å². The predicted molar refractivity (Wildman–Crippen MR) is 76.6 cm³/mol. The van der Waals surface area contributed by atoms with Crippen LogP contribution in [0.1, 0.15) is 31.9 Å². The average molecular weight is 258 g/mol. The van der Waals surface area contributed by atoms with Crippen LogP contribution in [-0.2, 0) is 4.65 Å². The van der Waals surface area contributed by atoms with Gasteiger partial charge in [-0.25, -0.2) is 0 Å². The second-order valence-electron chi connectivity index (χ2n) is 5.11. The number of hydrogen-bond acceptors (Lipinski definition) is 3. The van der Waals surface area contributed by atoms with Crippen LogP contribution in [0.15, 0.2) is 48.0 Å². The first kappa shape index (κ1) is 13.9. The summed E-state index contributed by atoms with van der Waals surface area (Å²) in [5.41, 5.74) is 2.34. The number of para-hydroxylation sites is 1. The highest BCUT2D eigenvalue weighted by molar-refractivity contribution is 6.54. The first-order valence-electron chi connectivity index (χ1n) is 6.51. The molecule has 1 aromatic rings. The van der Waals surface area contributed by atoms with E-state index in [1.165, 1.54) is 0 Å². The third kappa shape index (κ3) is 2.91. The first-order chi connectivity index (χ1) is 9.00. The van der Waals surface area contributed by atoms with Crippen LogP contribution in [0.5, 0.6) is 5.75 Å². The highest BCUT2D eigenvalue weighted by Crippen LogP contribution is 2.35. The number of rotatable bonds is 3. The van der Waals surface area contributed by atoms with Gasteiger partial charge in [0.05, 0.1) is 6.10 Å². The molecule has 0 bridgehead atoms. The van der Waals surface area contributed by atoms with Crippen molar-refractivity contribution in [2.45, 2.75) is 26.4 Å². The zero-order valence-electron chi connectivity index (χ0n) is 11.3. The average Bonchev–Trinajstić information content (AvgIpc) is 2.38. The van der Waals surface area contributed by atoms with Crippen molar-refractivity contribution in [1.82, 2.24) is 0 Å². The molecule has 1 aliphatic rings. The minimum atomic E-state index is -0.978. The van der Waals surface area contributed by atoms with Crippen molar-refractivity contribution in [3.8, 4) is 5.75 Å². The molecule has 0 aromatic heterocycles. The highest BCUT2D eigenvalue weighted by atomic mass is 16.5.